The van der Waals surface area contributed by atoms with Gasteiger partial charge in [-0.3, -0.25) is 34.2 Å². The van der Waals surface area contributed by atoms with Gasteiger partial charge in [0.05, 0.1) is 23.0 Å². The third-order valence-corrected chi connectivity index (χ3v) is 6.36. The molecule has 184 valence electrons. The van der Waals surface area contributed by atoms with Crippen LogP contribution in [0.1, 0.15) is 61.7 Å². The van der Waals surface area contributed by atoms with Crippen LogP contribution in [0.15, 0.2) is 24.3 Å². The molecule has 2 amide bonds. The maximum absolute atomic E-state index is 12.7. The number of ether oxygens (including phenoxy) is 2. The molecule has 11 heteroatoms. The highest BCUT2D eigenvalue weighted by Gasteiger charge is 2.40. The van der Waals surface area contributed by atoms with Crippen LogP contribution in [0.2, 0.25) is 0 Å². The van der Waals surface area contributed by atoms with Crippen molar-refractivity contribution in [3.8, 4) is 0 Å². The first kappa shape index (κ1) is 24.3. The second kappa shape index (κ2) is 9.79. The van der Waals surface area contributed by atoms with Crippen LogP contribution < -0.4 is 0 Å². The van der Waals surface area contributed by atoms with Gasteiger partial charge in [-0.05, 0) is 38.8 Å². The predicted octanol–water partition coefficient (Wildman–Crippen LogP) is 2.60. The lowest BCUT2D eigenvalue weighted by molar-refractivity contribution is -0.385. The van der Waals surface area contributed by atoms with Gasteiger partial charge in [-0.2, -0.15) is 0 Å². The van der Waals surface area contributed by atoms with E-state index in [1.54, 1.807) is 6.07 Å². The van der Waals surface area contributed by atoms with Crippen molar-refractivity contribution in [1.29, 1.82) is 0 Å². The van der Waals surface area contributed by atoms with Crippen LogP contribution in [-0.4, -0.2) is 63.8 Å². The van der Waals surface area contributed by atoms with Gasteiger partial charge in [-0.25, -0.2) is 0 Å². The molecule has 11 nitrogen and oxygen atoms in total. The van der Waals surface area contributed by atoms with Crippen LogP contribution in [0, 0.1) is 24.0 Å². The van der Waals surface area contributed by atoms with Crippen LogP contribution in [0.4, 0.5) is 5.69 Å². The third-order valence-electron chi connectivity index (χ3n) is 6.36. The monoisotopic (exact) mass is 483 g/mol. The number of hydrogen-bond acceptors (Lipinski definition) is 8. The Morgan fingerprint density at radius 1 is 1.23 bits per heavy atom. The lowest BCUT2D eigenvalue weighted by Gasteiger charge is -2.15. The van der Waals surface area contributed by atoms with E-state index in [1.165, 1.54) is 12.1 Å². The lowest BCUT2D eigenvalue weighted by Crippen LogP contribution is -2.32. The largest absolute Gasteiger partial charge is 0.457 e. The first-order chi connectivity index (χ1) is 16.7. The molecule has 1 aromatic carbocycles. The number of esters is 1. The van der Waals surface area contributed by atoms with Gasteiger partial charge in [0, 0.05) is 42.7 Å². The standard InChI is InChI=1S/C24H25N3O8/c1-14-11-18(15(2)26(14)12-16-5-4-10-34-16)20(28)13-35-21(29)8-9-25-23(30)17-6-3-7-19(27(32)33)22(17)24(25)31/h3,6-7,11,16H,4-5,8-10,12-13H2,1-2H3. The van der Waals surface area contributed by atoms with E-state index in [2.05, 4.69) is 0 Å². The van der Waals surface area contributed by atoms with Crippen LogP contribution in [-0.2, 0) is 20.8 Å². The van der Waals surface area contributed by atoms with Gasteiger partial charge >= 0.3 is 5.97 Å². The van der Waals surface area contributed by atoms with Gasteiger partial charge in [0.1, 0.15) is 5.56 Å². The molecular weight excluding hydrogens is 458 g/mol. The lowest BCUT2D eigenvalue weighted by atomic mass is 10.1. The molecule has 0 radical (unpaired) electrons. The summed E-state index contributed by atoms with van der Waals surface area (Å²) in [5.74, 6) is -2.67. The number of fused-ring (bicyclic) bond motifs is 1. The van der Waals surface area contributed by atoms with Crippen molar-refractivity contribution in [2.45, 2.75) is 45.8 Å². The summed E-state index contributed by atoms with van der Waals surface area (Å²) >= 11 is 0. The van der Waals surface area contributed by atoms with Gasteiger partial charge in [0.2, 0.25) is 5.78 Å². The Morgan fingerprint density at radius 2 is 2.00 bits per heavy atom. The van der Waals surface area contributed by atoms with Crippen LogP contribution in [0.25, 0.3) is 0 Å². The summed E-state index contributed by atoms with van der Waals surface area (Å²) in [6.45, 7) is 4.34. The molecule has 0 bridgehead atoms. The number of hydrogen-bond donors (Lipinski definition) is 0. The van der Waals surface area contributed by atoms with Crippen molar-refractivity contribution in [2.24, 2.45) is 0 Å². The molecule has 1 aromatic heterocycles. The SMILES string of the molecule is Cc1cc(C(=O)COC(=O)CCN2C(=O)c3cccc([N+](=O)[O-])c3C2=O)c(C)n1CC1CCCO1. The molecule has 0 aliphatic carbocycles. The van der Waals surface area contributed by atoms with Crippen molar-refractivity contribution >= 4 is 29.3 Å². The molecule has 2 aromatic rings. The Balaban J connectivity index is 1.33. The summed E-state index contributed by atoms with van der Waals surface area (Å²) in [6.07, 6.45) is 1.76. The molecule has 2 aliphatic rings. The van der Waals surface area contributed by atoms with E-state index in [1.807, 2.05) is 18.4 Å². The number of nitro groups is 1. The molecule has 1 fully saturated rings. The number of nitro benzene ring substituents is 1. The van der Waals surface area contributed by atoms with Crippen LogP contribution in [0.3, 0.4) is 0 Å². The molecule has 0 saturated carbocycles. The highest BCUT2D eigenvalue weighted by Crippen LogP contribution is 2.30. The topological polar surface area (TPSA) is 138 Å². The Bertz CT molecular complexity index is 1230. The number of ketones is 1. The minimum absolute atomic E-state index is 0.0777. The minimum atomic E-state index is -0.833. The van der Waals surface area contributed by atoms with Crippen LogP contribution >= 0.6 is 0 Å². The predicted molar refractivity (Wildman–Crippen MR) is 121 cm³/mol. The van der Waals surface area contributed by atoms with E-state index in [4.69, 9.17) is 9.47 Å². The van der Waals surface area contributed by atoms with E-state index in [0.717, 1.165) is 41.8 Å². The Labute approximate surface area is 200 Å². The summed E-state index contributed by atoms with van der Waals surface area (Å²) < 4.78 is 12.8. The normalized spacial score (nSPS) is 17.1. The van der Waals surface area contributed by atoms with Crippen LogP contribution in [0.5, 0.6) is 0 Å². The van der Waals surface area contributed by atoms with Gasteiger partial charge < -0.3 is 14.0 Å². The fourth-order valence-corrected chi connectivity index (χ4v) is 4.53. The number of carbonyl (C=O) groups is 4. The van der Waals surface area contributed by atoms with E-state index >= 15 is 0 Å². The summed E-state index contributed by atoms with van der Waals surface area (Å²) in [7, 11) is 0. The summed E-state index contributed by atoms with van der Waals surface area (Å²) in [6, 6.07) is 5.55. The van der Waals surface area contributed by atoms with Crippen molar-refractivity contribution in [3.05, 3.63) is 62.5 Å². The molecule has 2 aliphatic heterocycles. The maximum Gasteiger partial charge on any atom is 0.308 e. The second-order valence-electron chi connectivity index (χ2n) is 8.58. The first-order valence-electron chi connectivity index (χ1n) is 11.3. The zero-order valence-corrected chi connectivity index (χ0v) is 19.4. The van der Waals surface area contributed by atoms with Crippen molar-refractivity contribution in [1.82, 2.24) is 9.47 Å². The van der Waals surface area contributed by atoms with Crippen molar-refractivity contribution in [3.63, 3.8) is 0 Å². The Kier molecular flexibility index (Phi) is 6.79. The molecule has 3 heterocycles. The molecule has 35 heavy (non-hydrogen) atoms. The molecule has 0 N–H and O–H groups in total. The number of aromatic nitrogens is 1. The summed E-state index contributed by atoms with van der Waals surface area (Å²) in [5, 5.41) is 11.2. The number of amides is 2. The fourth-order valence-electron chi connectivity index (χ4n) is 4.53. The number of nitrogens with zero attached hydrogens (tertiary/aromatic N) is 3. The van der Waals surface area contributed by atoms with E-state index in [-0.39, 0.29) is 36.0 Å². The zero-order chi connectivity index (χ0) is 25.3. The van der Waals surface area contributed by atoms with Gasteiger partial charge in [0.15, 0.2) is 6.61 Å². The number of Topliss-reactive ketones (excluding diaryl/α,β-unsaturated/α-hetero) is 1. The number of benzene rings is 1. The highest BCUT2D eigenvalue weighted by atomic mass is 16.6. The molecule has 4 rings (SSSR count). The molecule has 0 spiro atoms. The Morgan fingerprint density at radius 3 is 2.69 bits per heavy atom. The zero-order valence-electron chi connectivity index (χ0n) is 19.4. The molecule has 1 saturated heterocycles. The van der Waals surface area contributed by atoms with E-state index in [0.29, 0.717) is 12.1 Å². The van der Waals surface area contributed by atoms with E-state index in [9.17, 15) is 29.3 Å². The fraction of sp³-hybridized carbons (Fsp3) is 0.417. The van der Waals surface area contributed by atoms with Gasteiger partial charge in [-0.15, -0.1) is 0 Å². The van der Waals surface area contributed by atoms with Crippen molar-refractivity contribution < 1.29 is 33.6 Å². The average Bonchev–Trinajstić information content (AvgIpc) is 3.51. The number of rotatable bonds is 9. The maximum atomic E-state index is 12.7. The summed E-state index contributed by atoms with van der Waals surface area (Å²) in [5.41, 5.74) is 1.31. The van der Waals surface area contributed by atoms with Crippen molar-refractivity contribution in [2.75, 3.05) is 19.8 Å². The second-order valence-corrected chi connectivity index (χ2v) is 8.58. The summed E-state index contributed by atoms with van der Waals surface area (Å²) in [4.78, 5) is 61.2. The quantitative estimate of drug-likeness (QED) is 0.174. The average molecular weight is 483 g/mol. The first-order valence-corrected chi connectivity index (χ1v) is 11.3. The molecule has 1 atom stereocenters. The van der Waals surface area contributed by atoms with E-state index < -0.39 is 35.0 Å². The number of carbonyl (C=O) groups excluding carboxylic acids is 4. The van der Waals surface area contributed by atoms with Gasteiger partial charge in [0.25, 0.3) is 17.5 Å². The third kappa shape index (κ3) is 4.72. The highest BCUT2D eigenvalue weighted by molar-refractivity contribution is 6.23. The molecular formula is C24H25N3O8. The smallest absolute Gasteiger partial charge is 0.308 e. The molecule has 1 unspecified atom stereocenters. The number of imide groups is 1. The minimum Gasteiger partial charge on any atom is -0.457 e. The van der Waals surface area contributed by atoms with Gasteiger partial charge in [-0.1, -0.05) is 6.07 Å². The Hall–Kier alpha value is -3.86. The number of aryl methyl sites for hydroxylation is 1.